The first-order chi connectivity index (χ1) is 27.1. The summed E-state index contributed by atoms with van der Waals surface area (Å²) in [4.78, 5) is 87.6. The second-order valence-electron chi connectivity index (χ2n) is 12.9. The van der Waals surface area contributed by atoms with Gasteiger partial charge in [-0.1, -0.05) is 43.8 Å². The lowest BCUT2D eigenvalue weighted by atomic mass is 9.87. The first-order valence-electron chi connectivity index (χ1n) is 16.8. The minimum Gasteiger partial charge on any atom is -0.485 e. The Bertz CT molecular complexity index is 2040. The van der Waals surface area contributed by atoms with E-state index in [1.807, 2.05) is 0 Å². The second-order valence-corrected chi connectivity index (χ2v) is 18.3. The number of rotatable bonds is 22. The number of anilines is 1. The molecule has 0 bridgehead atoms. The van der Waals surface area contributed by atoms with Crippen LogP contribution in [-0.2, 0) is 50.7 Å². The van der Waals surface area contributed by atoms with Crippen molar-refractivity contribution in [3.05, 3.63) is 43.0 Å². The minimum atomic E-state index is -5.58. The molecule has 58 heavy (non-hydrogen) atoms. The number of para-hydroxylation sites is 1. The van der Waals surface area contributed by atoms with E-state index < -0.39 is 84.6 Å². The second kappa shape index (κ2) is 20.2. The molecule has 1 aromatic carbocycles. The molecule has 2 aromatic heterocycles. The average Bonchev–Trinajstić information content (AvgIpc) is 3.71. The maximum Gasteiger partial charge on any atom is 0.481 e. The molecular weight excluding hydrogens is 859 g/mol. The number of amides is 2. The topological polar surface area (TPSA) is 373 Å². The Morgan fingerprint density at radius 3 is 2.40 bits per heavy atom. The summed E-state index contributed by atoms with van der Waals surface area (Å²) >= 11 is 0.964. The molecular formula is C29H42N7O18P3S. The van der Waals surface area contributed by atoms with Gasteiger partial charge in [0.2, 0.25) is 16.9 Å². The predicted molar refractivity (Wildman–Crippen MR) is 199 cm³/mol. The fraction of sp³-hybridized carbons (Fsp3) is 0.517. The summed E-state index contributed by atoms with van der Waals surface area (Å²) in [5, 5.41) is 26.1. The van der Waals surface area contributed by atoms with Gasteiger partial charge in [0.25, 0.3) is 0 Å². The highest BCUT2D eigenvalue weighted by Crippen LogP contribution is 2.61. The zero-order chi connectivity index (χ0) is 42.9. The summed E-state index contributed by atoms with van der Waals surface area (Å²) in [7, 11) is -16.4. The Hall–Kier alpha value is -3.42. The number of aromatic nitrogens is 4. The first kappa shape index (κ1) is 47.3. The average molecular weight is 902 g/mol. The first-order valence-corrected chi connectivity index (χ1v) is 22.3. The Kier molecular flexibility index (Phi) is 16.5. The number of ether oxygens (including phenoxy) is 2. The van der Waals surface area contributed by atoms with Crippen LogP contribution in [0.15, 0.2) is 43.0 Å². The molecule has 2 amide bonds. The highest BCUT2D eigenvalue weighted by Gasteiger charge is 2.50. The van der Waals surface area contributed by atoms with E-state index in [1.54, 1.807) is 30.3 Å². The third-order valence-corrected chi connectivity index (χ3v) is 11.8. The third-order valence-electron chi connectivity index (χ3n) is 7.86. The molecule has 1 aliphatic rings. The molecule has 0 saturated carbocycles. The number of aliphatic hydroxyl groups excluding tert-OH is 2. The van der Waals surface area contributed by atoms with E-state index >= 15 is 0 Å². The van der Waals surface area contributed by atoms with Gasteiger partial charge in [-0.2, -0.15) is 4.31 Å². The number of nitrogens with zero attached hydrogens (tertiary/aromatic N) is 4. The molecule has 322 valence electrons. The van der Waals surface area contributed by atoms with Crippen LogP contribution in [0.4, 0.5) is 5.82 Å². The monoisotopic (exact) mass is 901 g/mol. The van der Waals surface area contributed by atoms with Crippen LogP contribution in [0.1, 0.15) is 26.5 Å². The third kappa shape index (κ3) is 14.1. The number of phosphoric acid groups is 3. The molecule has 1 fully saturated rings. The number of hydrogen-bond donors (Lipinski definition) is 9. The number of fused-ring (bicyclic) bond motifs is 1. The molecule has 3 heterocycles. The van der Waals surface area contributed by atoms with Gasteiger partial charge in [-0.05, 0) is 12.1 Å². The lowest BCUT2D eigenvalue weighted by Gasteiger charge is -2.30. The van der Waals surface area contributed by atoms with Gasteiger partial charge in [-0.25, -0.2) is 28.6 Å². The normalized spacial score (nSPS) is 21.2. The van der Waals surface area contributed by atoms with Crippen LogP contribution in [0, 0.1) is 5.41 Å². The molecule has 4 rings (SSSR count). The van der Waals surface area contributed by atoms with Crippen molar-refractivity contribution in [3.63, 3.8) is 0 Å². The van der Waals surface area contributed by atoms with Crippen molar-refractivity contribution in [2.45, 2.75) is 50.9 Å². The van der Waals surface area contributed by atoms with Crippen LogP contribution < -0.4 is 21.1 Å². The fourth-order valence-electron chi connectivity index (χ4n) is 5.00. The van der Waals surface area contributed by atoms with Crippen molar-refractivity contribution in [2.75, 3.05) is 44.4 Å². The molecule has 7 atom stereocenters. The zero-order valence-corrected chi connectivity index (χ0v) is 34.1. The summed E-state index contributed by atoms with van der Waals surface area (Å²) in [6.45, 7) is 0.239. The van der Waals surface area contributed by atoms with E-state index in [1.165, 1.54) is 13.8 Å². The maximum absolute atomic E-state index is 12.7. The molecule has 25 nitrogen and oxygen atoms in total. The number of aliphatic hydroxyl groups is 2. The van der Waals surface area contributed by atoms with Crippen LogP contribution in [0.25, 0.3) is 11.2 Å². The van der Waals surface area contributed by atoms with Crippen molar-refractivity contribution >= 4 is 69.1 Å². The van der Waals surface area contributed by atoms with Gasteiger partial charge in [0.05, 0.1) is 19.5 Å². The van der Waals surface area contributed by atoms with Crippen molar-refractivity contribution in [3.8, 4) is 5.75 Å². The van der Waals surface area contributed by atoms with Gasteiger partial charge in [-0.3, -0.25) is 32.5 Å². The summed E-state index contributed by atoms with van der Waals surface area (Å²) in [6, 6.07) is 8.75. The van der Waals surface area contributed by atoms with E-state index in [4.69, 9.17) is 24.3 Å². The number of thioether (sulfide) groups is 1. The molecule has 0 radical (unpaired) electrons. The van der Waals surface area contributed by atoms with Crippen LogP contribution in [0.5, 0.6) is 5.75 Å². The number of nitrogen functional groups attached to an aromatic ring is 1. The SMILES string of the molecule is CC(C)(COP(=O)(O)OP(=O)(O)OC[C@H]1O[C@@H](n2cnc3c(N)ncnc32)[C@H](O)[C@@H]1OP(=O)(O)O)C(O)C(=O)NCCC(=O)NCCSC(=O)COc1ccccc1. The van der Waals surface area contributed by atoms with E-state index in [2.05, 4.69) is 34.4 Å². The molecule has 1 saturated heterocycles. The van der Waals surface area contributed by atoms with Gasteiger partial charge in [-0.15, -0.1) is 0 Å². The number of benzene rings is 1. The zero-order valence-electron chi connectivity index (χ0n) is 30.6. The van der Waals surface area contributed by atoms with Gasteiger partial charge in [0.15, 0.2) is 24.3 Å². The molecule has 0 spiro atoms. The molecule has 10 N–H and O–H groups in total. The van der Waals surface area contributed by atoms with E-state index in [-0.39, 0.29) is 54.0 Å². The predicted octanol–water partition coefficient (Wildman–Crippen LogP) is -0.256. The van der Waals surface area contributed by atoms with Gasteiger partial charge in [0, 0.05) is 30.7 Å². The highest BCUT2D eigenvalue weighted by molar-refractivity contribution is 8.13. The Labute approximate surface area is 333 Å². The number of carbonyl (C=O) groups is 3. The molecule has 3 unspecified atom stereocenters. The van der Waals surface area contributed by atoms with E-state index in [0.717, 1.165) is 29.0 Å². The Balaban J connectivity index is 1.20. The van der Waals surface area contributed by atoms with E-state index in [9.17, 15) is 57.9 Å². The molecule has 3 aromatic rings. The number of phosphoric ester groups is 3. The summed E-state index contributed by atoms with van der Waals surface area (Å²) in [5.74, 6) is -0.690. The van der Waals surface area contributed by atoms with Crippen LogP contribution in [0.2, 0.25) is 0 Å². The van der Waals surface area contributed by atoms with Crippen molar-refractivity contribution in [2.24, 2.45) is 5.41 Å². The number of hydrogen-bond acceptors (Lipinski definition) is 19. The number of nitrogens with two attached hydrogens (primary N) is 1. The molecule has 29 heteroatoms. The van der Waals surface area contributed by atoms with Crippen LogP contribution >= 0.6 is 35.2 Å². The van der Waals surface area contributed by atoms with Crippen molar-refractivity contribution in [1.29, 1.82) is 0 Å². The molecule has 1 aliphatic heterocycles. The Morgan fingerprint density at radius 1 is 1.02 bits per heavy atom. The van der Waals surface area contributed by atoms with Gasteiger partial charge < -0.3 is 55.6 Å². The maximum atomic E-state index is 12.7. The standard InChI is InChI=1S/C29H42N7O18P3S/c1-29(2,24(40)27(41)32-9-8-19(37)31-10-11-58-20(38)13-49-17-6-4-3-5-7-17)14-51-57(47,48)54-56(45,46)50-12-18-23(53-55(42,43)44)22(39)28(52-18)36-16-35-21-25(30)33-15-34-26(21)36/h3-7,15-16,18,22-24,28,39-40H,8-14H2,1-2H3,(H,31,37)(H,32,41)(H,45,46)(H,47,48)(H2,30,33,34)(H2,42,43,44)/t18-,22-,23-,24?,28-/m1/s1. The minimum absolute atomic E-state index is 0.0271. The molecule has 0 aliphatic carbocycles. The Morgan fingerprint density at radius 2 is 1.71 bits per heavy atom. The smallest absolute Gasteiger partial charge is 0.481 e. The fourth-order valence-corrected chi connectivity index (χ4v) is 8.40. The summed E-state index contributed by atoms with van der Waals surface area (Å²) < 4.78 is 67.5. The van der Waals surface area contributed by atoms with Crippen LogP contribution in [-0.4, -0.2) is 129 Å². The van der Waals surface area contributed by atoms with Gasteiger partial charge >= 0.3 is 23.5 Å². The number of nitrogens with one attached hydrogen (secondary N) is 2. The highest BCUT2D eigenvalue weighted by atomic mass is 32.2. The van der Waals surface area contributed by atoms with Gasteiger partial charge in [0.1, 0.15) is 42.0 Å². The quantitative estimate of drug-likeness (QED) is 0.0463. The largest absolute Gasteiger partial charge is 0.485 e. The van der Waals surface area contributed by atoms with Crippen LogP contribution in [0.3, 0.4) is 0 Å². The lowest BCUT2D eigenvalue weighted by molar-refractivity contribution is -0.137. The lowest BCUT2D eigenvalue weighted by Crippen LogP contribution is -2.46. The van der Waals surface area contributed by atoms with E-state index in [0.29, 0.717) is 5.75 Å². The van der Waals surface area contributed by atoms with Crippen molar-refractivity contribution < 1.29 is 85.2 Å². The van der Waals surface area contributed by atoms with Crippen molar-refractivity contribution in [1.82, 2.24) is 30.2 Å². The number of imidazole rings is 1. The number of carbonyl (C=O) groups excluding carboxylic acids is 3. The summed E-state index contributed by atoms with van der Waals surface area (Å²) in [6.07, 6.45) is -6.98. The summed E-state index contributed by atoms with van der Waals surface area (Å²) in [5.41, 5.74) is 4.24.